The molecule has 152 valence electrons. The van der Waals surface area contributed by atoms with Gasteiger partial charge in [0.15, 0.2) is 0 Å². The number of aryl methyl sites for hydroxylation is 2. The van der Waals surface area contributed by atoms with Gasteiger partial charge < -0.3 is 0 Å². The van der Waals surface area contributed by atoms with Crippen molar-refractivity contribution in [3.8, 4) is 0 Å². The zero-order valence-corrected chi connectivity index (χ0v) is 18.7. The number of benzene rings is 3. The van der Waals surface area contributed by atoms with Gasteiger partial charge in [0, 0.05) is 4.47 Å². The van der Waals surface area contributed by atoms with E-state index in [0.717, 1.165) is 23.3 Å². The number of hydrogen-bond donors (Lipinski definition) is 0. The zero-order chi connectivity index (χ0) is 21.4. The molecule has 3 rings (SSSR count). The molecule has 0 saturated carbocycles. The number of rotatable bonds is 5. The summed E-state index contributed by atoms with van der Waals surface area (Å²) in [5.74, 6) is -0.995. The fourth-order valence-electron chi connectivity index (χ4n) is 2.63. The first kappa shape index (κ1) is 21.5. The summed E-state index contributed by atoms with van der Waals surface area (Å²) in [6.07, 6.45) is 0. The molecule has 0 radical (unpaired) electrons. The van der Waals surface area contributed by atoms with E-state index in [2.05, 4.69) is 15.9 Å². The largest absolute Gasteiger partial charge is 0.277 e. The van der Waals surface area contributed by atoms with Gasteiger partial charge in [0.05, 0.1) is 9.79 Å². The number of halogens is 2. The third-order valence-corrected chi connectivity index (χ3v) is 8.85. The van der Waals surface area contributed by atoms with Crippen molar-refractivity contribution in [2.45, 2.75) is 23.6 Å². The quantitative estimate of drug-likeness (QED) is 0.507. The Morgan fingerprint density at radius 1 is 0.724 bits per heavy atom. The van der Waals surface area contributed by atoms with Gasteiger partial charge >= 0.3 is 0 Å². The maximum Gasteiger partial charge on any atom is 0.277 e. The van der Waals surface area contributed by atoms with Crippen LogP contribution in [-0.4, -0.2) is 16.8 Å². The van der Waals surface area contributed by atoms with Crippen LogP contribution in [0.2, 0.25) is 0 Å². The number of anilines is 1. The lowest BCUT2D eigenvalue weighted by molar-refractivity contribution is 0.579. The Morgan fingerprint density at radius 2 is 1.14 bits per heavy atom. The summed E-state index contributed by atoms with van der Waals surface area (Å²) in [6.45, 7) is 3.54. The summed E-state index contributed by atoms with van der Waals surface area (Å²) >= 11 is 3.09. The number of nitrogens with zero attached hydrogens (tertiary/aromatic N) is 1. The minimum atomic E-state index is -4.63. The predicted octanol–water partition coefficient (Wildman–Crippen LogP) is 4.79. The van der Waals surface area contributed by atoms with Crippen molar-refractivity contribution >= 4 is 41.7 Å². The summed E-state index contributed by atoms with van der Waals surface area (Å²) < 4.78 is 68.6. The first-order valence-electron chi connectivity index (χ1n) is 8.42. The lowest BCUT2D eigenvalue weighted by Gasteiger charge is -2.24. The Balaban J connectivity index is 2.30. The van der Waals surface area contributed by atoms with Gasteiger partial charge in [-0.2, -0.15) is 3.71 Å². The van der Waals surface area contributed by atoms with Crippen LogP contribution in [0.1, 0.15) is 11.1 Å². The van der Waals surface area contributed by atoms with Crippen molar-refractivity contribution in [3.63, 3.8) is 0 Å². The third kappa shape index (κ3) is 4.22. The number of sulfonamides is 2. The molecule has 0 saturated heterocycles. The van der Waals surface area contributed by atoms with Crippen LogP contribution in [0.5, 0.6) is 0 Å². The fourth-order valence-corrected chi connectivity index (χ4v) is 6.67. The second-order valence-electron chi connectivity index (χ2n) is 6.43. The molecule has 29 heavy (non-hydrogen) atoms. The molecule has 0 aromatic heterocycles. The van der Waals surface area contributed by atoms with Crippen LogP contribution in [0, 0.1) is 19.7 Å². The molecule has 0 spiro atoms. The van der Waals surface area contributed by atoms with Crippen molar-refractivity contribution < 1.29 is 21.2 Å². The smallest absolute Gasteiger partial charge is 0.205 e. The van der Waals surface area contributed by atoms with Gasteiger partial charge in [-0.3, -0.25) is 0 Å². The first-order valence-corrected chi connectivity index (χ1v) is 12.1. The van der Waals surface area contributed by atoms with Crippen molar-refractivity contribution in [1.82, 2.24) is 0 Å². The average Bonchev–Trinajstić information content (AvgIpc) is 2.64. The van der Waals surface area contributed by atoms with E-state index < -0.39 is 31.6 Å². The van der Waals surface area contributed by atoms with E-state index in [9.17, 15) is 21.2 Å². The Bertz CT molecular complexity index is 1180. The lowest BCUT2D eigenvalue weighted by atomic mass is 10.2. The van der Waals surface area contributed by atoms with Crippen LogP contribution < -0.4 is 3.71 Å². The van der Waals surface area contributed by atoms with Crippen LogP contribution in [0.4, 0.5) is 10.1 Å². The highest BCUT2D eigenvalue weighted by molar-refractivity contribution is 9.10. The highest BCUT2D eigenvalue weighted by Crippen LogP contribution is 2.34. The Kier molecular flexibility index (Phi) is 5.84. The summed E-state index contributed by atoms with van der Waals surface area (Å²) in [7, 11) is -9.26. The zero-order valence-electron chi connectivity index (χ0n) is 15.5. The van der Waals surface area contributed by atoms with Gasteiger partial charge in [-0.1, -0.05) is 51.3 Å². The Labute approximate surface area is 178 Å². The minimum Gasteiger partial charge on any atom is -0.205 e. The minimum absolute atomic E-state index is 0.150. The van der Waals surface area contributed by atoms with E-state index in [1.165, 1.54) is 30.3 Å². The fraction of sp³-hybridized carbons (Fsp3) is 0.100. The molecule has 0 N–H and O–H groups in total. The van der Waals surface area contributed by atoms with Crippen LogP contribution in [0.25, 0.3) is 0 Å². The van der Waals surface area contributed by atoms with Crippen LogP contribution >= 0.6 is 15.9 Å². The van der Waals surface area contributed by atoms with Crippen molar-refractivity contribution in [2.24, 2.45) is 0 Å². The van der Waals surface area contributed by atoms with Gasteiger partial charge in [0.1, 0.15) is 11.5 Å². The molecule has 0 fully saturated rings. The Morgan fingerprint density at radius 3 is 1.52 bits per heavy atom. The molecule has 0 heterocycles. The molecular weight excluding hydrogens is 481 g/mol. The lowest BCUT2D eigenvalue weighted by Crippen LogP contribution is -2.37. The highest BCUT2D eigenvalue weighted by Gasteiger charge is 2.38. The highest BCUT2D eigenvalue weighted by atomic mass is 79.9. The van der Waals surface area contributed by atoms with Gasteiger partial charge in [-0.15, -0.1) is 0 Å². The first-order chi connectivity index (χ1) is 13.5. The summed E-state index contributed by atoms with van der Waals surface area (Å²) in [5.41, 5.74) is 1.01. The van der Waals surface area contributed by atoms with Crippen molar-refractivity contribution in [2.75, 3.05) is 3.71 Å². The molecule has 0 aliphatic rings. The normalized spacial score (nSPS) is 12.0. The Hall–Kier alpha value is -2.23. The molecule has 0 bridgehead atoms. The molecule has 0 aliphatic heterocycles. The molecule has 9 heteroatoms. The average molecular weight is 498 g/mol. The third-order valence-electron chi connectivity index (χ3n) is 4.18. The van der Waals surface area contributed by atoms with E-state index in [-0.39, 0.29) is 13.5 Å². The monoisotopic (exact) mass is 497 g/mol. The number of hydrogen-bond acceptors (Lipinski definition) is 4. The van der Waals surface area contributed by atoms with Crippen LogP contribution in [0.3, 0.4) is 0 Å². The van der Waals surface area contributed by atoms with E-state index in [1.54, 1.807) is 38.1 Å². The van der Waals surface area contributed by atoms with E-state index >= 15 is 0 Å². The standard InChI is InChI=1S/C20H17BrFNO4S2/c1-14-3-8-17(9-4-14)28(24,25)23(20-12-7-16(21)13-19(20)22)29(26,27)18-10-5-15(2)6-11-18/h3-13H,1-2H3. The molecular formula is C20H17BrFNO4S2. The van der Waals surface area contributed by atoms with Gasteiger partial charge in [-0.05, 0) is 56.3 Å². The van der Waals surface area contributed by atoms with Gasteiger partial charge in [0.2, 0.25) is 0 Å². The van der Waals surface area contributed by atoms with Crippen molar-refractivity contribution in [3.05, 3.63) is 88.1 Å². The maximum atomic E-state index is 14.7. The van der Waals surface area contributed by atoms with E-state index in [4.69, 9.17) is 0 Å². The maximum absolute atomic E-state index is 14.7. The molecule has 5 nitrogen and oxygen atoms in total. The summed E-state index contributed by atoms with van der Waals surface area (Å²) in [6, 6.07) is 14.8. The van der Waals surface area contributed by atoms with Crippen LogP contribution in [-0.2, 0) is 20.0 Å². The van der Waals surface area contributed by atoms with Gasteiger partial charge in [-0.25, -0.2) is 21.2 Å². The second-order valence-corrected chi connectivity index (χ2v) is 11.1. The molecule has 0 atom stereocenters. The van der Waals surface area contributed by atoms with Crippen LogP contribution in [0.15, 0.2) is 81.0 Å². The predicted molar refractivity (Wildman–Crippen MR) is 113 cm³/mol. The molecule has 0 unspecified atom stereocenters. The molecule has 0 amide bonds. The SMILES string of the molecule is Cc1ccc(S(=O)(=O)N(c2ccc(Br)cc2F)S(=O)(=O)c2ccc(C)cc2)cc1. The summed E-state index contributed by atoms with van der Waals surface area (Å²) in [5, 5.41) is 0. The molecule has 3 aromatic rings. The van der Waals surface area contributed by atoms with Gasteiger partial charge in [0.25, 0.3) is 20.0 Å². The molecule has 3 aromatic carbocycles. The van der Waals surface area contributed by atoms with Crippen molar-refractivity contribution in [1.29, 1.82) is 0 Å². The second kappa shape index (κ2) is 7.89. The van der Waals surface area contributed by atoms with E-state index in [0.29, 0.717) is 4.47 Å². The summed E-state index contributed by atoms with van der Waals surface area (Å²) in [4.78, 5) is -0.526. The van der Waals surface area contributed by atoms with E-state index in [1.807, 2.05) is 0 Å². The topological polar surface area (TPSA) is 71.5 Å². The molecule has 0 aliphatic carbocycles.